The summed E-state index contributed by atoms with van der Waals surface area (Å²) in [7, 11) is 5.98. The zero-order valence-electron chi connectivity index (χ0n) is 15.6. The molecular weight excluding hydrogens is 352 g/mol. The van der Waals surface area contributed by atoms with Crippen LogP contribution in [0, 0.1) is 0 Å². The molecule has 1 N–H and O–H groups in total. The van der Waals surface area contributed by atoms with Gasteiger partial charge in [0.1, 0.15) is 5.52 Å². The van der Waals surface area contributed by atoms with Gasteiger partial charge < -0.3 is 19.5 Å². The van der Waals surface area contributed by atoms with Crippen molar-refractivity contribution in [1.29, 1.82) is 0 Å². The van der Waals surface area contributed by atoms with Crippen LogP contribution in [-0.2, 0) is 0 Å². The van der Waals surface area contributed by atoms with Crippen LogP contribution in [-0.4, -0.2) is 55.1 Å². The van der Waals surface area contributed by atoms with E-state index in [0.29, 0.717) is 34.8 Å². The molecule has 3 heterocycles. The molecule has 1 aromatic heterocycles. The van der Waals surface area contributed by atoms with Gasteiger partial charge in [-0.05, 0) is 44.9 Å². The number of oxazole rings is 1. The summed E-state index contributed by atoms with van der Waals surface area (Å²) in [6.45, 7) is 0. The molecule has 2 bridgehead atoms. The topological polar surface area (TPSA) is 61.6 Å². The average Bonchev–Trinajstić information content (AvgIpc) is 3.00. The van der Waals surface area contributed by atoms with E-state index in [1.165, 1.54) is 19.3 Å². The average molecular weight is 379 g/mol. The molecule has 26 heavy (non-hydrogen) atoms. The summed E-state index contributed by atoms with van der Waals surface area (Å²) >= 11 is 0. The number of nitrogens with one attached hydrogen (secondary N) is 1. The first kappa shape index (κ1) is 19.0. The number of anilines is 1. The molecule has 0 saturated carbocycles. The van der Waals surface area contributed by atoms with E-state index in [1.807, 2.05) is 32.3 Å². The first-order chi connectivity index (χ1) is 12.0. The van der Waals surface area contributed by atoms with E-state index in [1.54, 1.807) is 4.90 Å². The minimum absolute atomic E-state index is 0. The van der Waals surface area contributed by atoms with Crippen molar-refractivity contribution in [3.63, 3.8) is 0 Å². The number of nitrogens with zero attached hydrogens (tertiary/aromatic N) is 3. The summed E-state index contributed by atoms with van der Waals surface area (Å²) in [5.41, 5.74) is 1.88. The van der Waals surface area contributed by atoms with Crippen LogP contribution in [0.4, 0.5) is 6.01 Å². The fraction of sp³-hybridized carbons (Fsp3) is 0.579. The van der Waals surface area contributed by atoms with Crippen LogP contribution in [0.5, 0.6) is 0 Å². The molecule has 142 valence electrons. The van der Waals surface area contributed by atoms with Gasteiger partial charge in [-0.2, -0.15) is 4.98 Å². The van der Waals surface area contributed by atoms with Crippen molar-refractivity contribution in [2.45, 2.75) is 50.2 Å². The Morgan fingerprint density at radius 1 is 1.27 bits per heavy atom. The highest BCUT2D eigenvalue weighted by Gasteiger charge is 2.36. The van der Waals surface area contributed by atoms with E-state index >= 15 is 0 Å². The Balaban J connectivity index is 0.00000196. The molecule has 6 nitrogen and oxygen atoms in total. The molecule has 1 aromatic carbocycles. The lowest BCUT2D eigenvalue weighted by atomic mass is 9.82. The first-order valence-corrected chi connectivity index (χ1v) is 9.12. The molecule has 2 aliphatic rings. The van der Waals surface area contributed by atoms with Crippen LogP contribution >= 0.6 is 12.4 Å². The number of hydrogen-bond acceptors (Lipinski definition) is 5. The van der Waals surface area contributed by atoms with E-state index in [4.69, 9.17) is 4.42 Å². The van der Waals surface area contributed by atoms with Crippen molar-refractivity contribution in [1.82, 2.24) is 15.2 Å². The van der Waals surface area contributed by atoms with Crippen molar-refractivity contribution in [3.05, 3.63) is 23.8 Å². The summed E-state index contributed by atoms with van der Waals surface area (Å²) in [5, 5.41) is 3.25. The molecule has 2 aliphatic heterocycles. The van der Waals surface area contributed by atoms with Crippen molar-refractivity contribution in [3.8, 4) is 0 Å². The van der Waals surface area contributed by atoms with Gasteiger partial charge in [-0.15, -0.1) is 12.4 Å². The number of carbonyl (C=O) groups excluding carboxylic acids is 1. The molecule has 0 spiro atoms. The highest BCUT2D eigenvalue weighted by atomic mass is 35.5. The molecule has 7 heteroatoms. The lowest BCUT2D eigenvalue weighted by molar-refractivity contribution is 0.0463. The normalized spacial score (nSPS) is 25.6. The Morgan fingerprint density at radius 3 is 2.62 bits per heavy atom. The maximum atomic E-state index is 12.9. The summed E-state index contributed by atoms with van der Waals surface area (Å²) in [6, 6.07) is 7.49. The number of piperidine rings is 2. The standard InChI is InChI=1S/C19H26N4O2.ClH/c1-22(2)19-21-17-15(8-5-9-16(17)25-19)18(24)20-12-10-13-6-4-7-14(11-12)23(13)3;/h5,8-9,12-14H,4,6-7,10-11H2,1-3H3,(H,20,24);1H. The van der Waals surface area contributed by atoms with E-state index in [0.717, 1.165) is 12.8 Å². The third-order valence-electron chi connectivity index (χ3n) is 5.71. The smallest absolute Gasteiger partial charge is 0.297 e. The number of carbonyl (C=O) groups is 1. The van der Waals surface area contributed by atoms with Gasteiger partial charge in [0.15, 0.2) is 5.58 Å². The molecule has 4 rings (SSSR count). The van der Waals surface area contributed by atoms with Crippen molar-refractivity contribution >= 4 is 35.4 Å². The van der Waals surface area contributed by atoms with Gasteiger partial charge >= 0.3 is 0 Å². The third kappa shape index (κ3) is 3.40. The Kier molecular flexibility index (Phi) is 5.44. The van der Waals surface area contributed by atoms with Crippen molar-refractivity contribution in [2.24, 2.45) is 0 Å². The maximum absolute atomic E-state index is 12.9. The van der Waals surface area contributed by atoms with E-state index in [9.17, 15) is 4.79 Å². The zero-order valence-corrected chi connectivity index (χ0v) is 16.4. The molecule has 0 radical (unpaired) electrons. The van der Waals surface area contributed by atoms with Crippen LogP contribution in [0.25, 0.3) is 11.1 Å². The van der Waals surface area contributed by atoms with Crippen LogP contribution in [0.15, 0.2) is 22.6 Å². The number of para-hydroxylation sites is 1. The molecule has 2 saturated heterocycles. The van der Waals surface area contributed by atoms with E-state index in [-0.39, 0.29) is 24.4 Å². The maximum Gasteiger partial charge on any atom is 0.297 e. The van der Waals surface area contributed by atoms with Crippen LogP contribution in [0.1, 0.15) is 42.5 Å². The molecule has 2 atom stereocenters. The highest BCUT2D eigenvalue weighted by molar-refractivity contribution is 6.04. The zero-order chi connectivity index (χ0) is 17.6. The van der Waals surface area contributed by atoms with E-state index < -0.39 is 0 Å². The quantitative estimate of drug-likeness (QED) is 0.889. The lowest BCUT2D eigenvalue weighted by Gasteiger charge is -2.47. The monoisotopic (exact) mass is 378 g/mol. The second kappa shape index (κ2) is 7.45. The number of halogens is 1. The number of hydrogen-bond donors (Lipinski definition) is 1. The minimum atomic E-state index is -0.0446. The van der Waals surface area contributed by atoms with Gasteiger partial charge in [-0.3, -0.25) is 4.79 Å². The molecule has 2 aromatic rings. The number of benzene rings is 1. The van der Waals surface area contributed by atoms with Gasteiger partial charge in [0.2, 0.25) is 0 Å². The number of amides is 1. The molecule has 1 amide bonds. The number of fused-ring (bicyclic) bond motifs is 3. The highest BCUT2D eigenvalue weighted by Crippen LogP contribution is 2.33. The molecule has 0 aliphatic carbocycles. The van der Waals surface area contributed by atoms with Crippen LogP contribution < -0.4 is 10.2 Å². The Labute approximate surface area is 160 Å². The fourth-order valence-electron chi connectivity index (χ4n) is 4.31. The minimum Gasteiger partial charge on any atom is -0.423 e. The summed E-state index contributed by atoms with van der Waals surface area (Å²) in [5.74, 6) is -0.0446. The van der Waals surface area contributed by atoms with Crippen molar-refractivity contribution < 1.29 is 9.21 Å². The second-order valence-corrected chi connectivity index (χ2v) is 7.59. The second-order valence-electron chi connectivity index (χ2n) is 7.59. The molecule has 2 unspecified atom stereocenters. The summed E-state index contributed by atoms with van der Waals surface area (Å²) < 4.78 is 5.71. The largest absolute Gasteiger partial charge is 0.423 e. The van der Waals surface area contributed by atoms with Gasteiger partial charge in [-0.25, -0.2) is 0 Å². The third-order valence-corrected chi connectivity index (χ3v) is 5.71. The van der Waals surface area contributed by atoms with Crippen molar-refractivity contribution in [2.75, 3.05) is 26.0 Å². The van der Waals surface area contributed by atoms with Crippen LogP contribution in [0.3, 0.4) is 0 Å². The van der Waals surface area contributed by atoms with E-state index in [2.05, 4.69) is 22.2 Å². The Morgan fingerprint density at radius 2 is 1.96 bits per heavy atom. The van der Waals surface area contributed by atoms with Gasteiger partial charge in [0, 0.05) is 32.2 Å². The van der Waals surface area contributed by atoms with Gasteiger partial charge in [0.25, 0.3) is 11.9 Å². The molecular formula is C19H27ClN4O2. The Bertz CT molecular complexity index is 777. The summed E-state index contributed by atoms with van der Waals surface area (Å²) in [6.07, 6.45) is 5.87. The predicted molar refractivity (Wildman–Crippen MR) is 105 cm³/mol. The Hall–Kier alpha value is -1.79. The first-order valence-electron chi connectivity index (χ1n) is 9.12. The molecule has 2 fully saturated rings. The predicted octanol–water partition coefficient (Wildman–Crippen LogP) is 3.06. The SMILES string of the molecule is CN(C)c1nc2c(C(=O)NC3CC4CCCC(C3)N4C)cccc2o1.Cl. The van der Waals surface area contributed by atoms with Gasteiger partial charge in [0.05, 0.1) is 5.56 Å². The van der Waals surface area contributed by atoms with Crippen LogP contribution in [0.2, 0.25) is 0 Å². The van der Waals surface area contributed by atoms with Gasteiger partial charge in [-0.1, -0.05) is 12.5 Å². The summed E-state index contributed by atoms with van der Waals surface area (Å²) in [4.78, 5) is 21.7. The number of aromatic nitrogens is 1. The lowest BCUT2D eigenvalue weighted by Crippen LogP contribution is -2.55. The number of rotatable bonds is 3. The fourth-order valence-corrected chi connectivity index (χ4v) is 4.31.